The molecule has 162 valence electrons. The second-order valence-corrected chi connectivity index (χ2v) is 14.0. The van der Waals surface area contributed by atoms with E-state index >= 15 is 0 Å². The fourth-order valence-electron chi connectivity index (χ4n) is 2.75. The van der Waals surface area contributed by atoms with Gasteiger partial charge in [0, 0.05) is 0 Å². The number of benzene rings is 1. The van der Waals surface area contributed by atoms with Gasteiger partial charge in [0.2, 0.25) is 0 Å². The molecular weight excluding hydrogens is 364 g/mol. The van der Waals surface area contributed by atoms with E-state index in [4.69, 9.17) is 13.9 Å². The topological polar surface area (TPSA) is 27.7 Å². The van der Waals surface area contributed by atoms with Crippen LogP contribution in [0.5, 0.6) is 5.75 Å². The zero-order valence-corrected chi connectivity index (χ0v) is 20.3. The number of hydrogen-bond acceptors (Lipinski definition) is 3. The number of unbranched alkanes of at least 4 members (excludes halogenated alkanes) is 5. The maximum absolute atomic E-state index is 6.10. The highest BCUT2D eigenvalue weighted by atomic mass is 28.4. The molecule has 0 unspecified atom stereocenters. The van der Waals surface area contributed by atoms with Gasteiger partial charge in [-0.3, -0.25) is 0 Å². The van der Waals surface area contributed by atoms with Crippen LogP contribution in [0, 0.1) is 0 Å². The molecule has 1 aromatic rings. The van der Waals surface area contributed by atoms with E-state index in [1.54, 1.807) is 0 Å². The van der Waals surface area contributed by atoms with E-state index in [0.29, 0.717) is 26.4 Å². The molecule has 0 radical (unpaired) electrons. The van der Waals surface area contributed by atoms with E-state index in [1.165, 1.54) is 50.5 Å². The molecule has 0 aliphatic rings. The lowest BCUT2D eigenvalue weighted by Gasteiger charge is -2.36. The molecule has 3 nitrogen and oxygen atoms in total. The zero-order valence-electron chi connectivity index (χ0n) is 19.3. The van der Waals surface area contributed by atoms with Crippen molar-refractivity contribution >= 4 is 8.32 Å². The molecule has 1 aromatic carbocycles. The molecule has 0 aromatic heterocycles. The predicted octanol–water partition coefficient (Wildman–Crippen LogP) is 7.01. The average molecular weight is 409 g/mol. The van der Waals surface area contributed by atoms with Crippen molar-refractivity contribution < 1.29 is 13.9 Å². The third-order valence-electron chi connectivity index (χ3n) is 5.74. The minimum absolute atomic E-state index is 0.247. The van der Waals surface area contributed by atoms with Crippen LogP contribution in [0.25, 0.3) is 0 Å². The normalized spacial score (nSPS) is 12.4. The molecule has 0 heterocycles. The lowest BCUT2D eigenvalue weighted by atomic mass is 10.0. The molecular formula is C24H44O3Si. The van der Waals surface area contributed by atoms with Crippen LogP contribution in [-0.4, -0.2) is 34.7 Å². The van der Waals surface area contributed by atoms with Crippen LogP contribution >= 0.6 is 0 Å². The summed E-state index contributed by atoms with van der Waals surface area (Å²) < 4.78 is 17.5. The summed E-state index contributed by atoms with van der Waals surface area (Å²) in [7, 11) is -1.66. The third-order valence-corrected chi connectivity index (χ3v) is 10.3. The first-order valence-electron chi connectivity index (χ1n) is 11.2. The van der Waals surface area contributed by atoms with Gasteiger partial charge in [-0.2, -0.15) is 0 Å². The fourth-order valence-corrected chi connectivity index (χ4v) is 3.78. The van der Waals surface area contributed by atoms with E-state index < -0.39 is 8.32 Å². The Morgan fingerprint density at radius 2 is 1.39 bits per heavy atom. The van der Waals surface area contributed by atoms with Crippen molar-refractivity contribution in [3.63, 3.8) is 0 Å². The highest BCUT2D eigenvalue weighted by Crippen LogP contribution is 2.36. The minimum atomic E-state index is -1.66. The first-order chi connectivity index (χ1) is 13.3. The summed E-state index contributed by atoms with van der Waals surface area (Å²) in [5.41, 5.74) is 1.40. The SMILES string of the molecule is CCCCCCCCc1ccc(OCCOCCO[Si](C)(C)C(C)(C)C)cc1. The van der Waals surface area contributed by atoms with Gasteiger partial charge in [0.1, 0.15) is 12.4 Å². The van der Waals surface area contributed by atoms with Crippen molar-refractivity contribution in [2.24, 2.45) is 0 Å². The van der Waals surface area contributed by atoms with Gasteiger partial charge >= 0.3 is 0 Å². The van der Waals surface area contributed by atoms with Crippen LogP contribution in [0.1, 0.15) is 71.8 Å². The molecule has 0 amide bonds. The van der Waals surface area contributed by atoms with Crippen molar-refractivity contribution in [2.45, 2.75) is 90.8 Å². The molecule has 28 heavy (non-hydrogen) atoms. The van der Waals surface area contributed by atoms with Crippen molar-refractivity contribution in [1.82, 2.24) is 0 Å². The second-order valence-electron chi connectivity index (χ2n) is 9.23. The van der Waals surface area contributed by atoms with Gasteiger partial charge in [0.15, 0.2) is 8.32 Å². The van der Waals surface area contributed by atoms with Gasteiger partial charge < -0.3 is 13.9 Å². The Morgan fingerprint density at radius 3 is 2.04 bits per heavy atom. The van der Waals surface area contributed by atoms with Gasteiger partial charge in [0.25, 0.3) is 0 Å². The molecule has 0 bridgehead atoms. The van der Waals surface area contributed by atoms with Crippen LogP contribution in [0.4, 0.5) is 0 Å². The van der Waals surface area contributed by atoms with E-state index in [-0.39, 0.29) is 5.04 Å². The Kier molecular flexibility index (Phi) is 12.1. The molecule has 0 fully saturated rings. The summed E-state index contributed by atoms with van der Waals surface area (Å²) >= 11 is 0. The highest BCUT2D eigenvalue weighted by molar-refractivity contribution is 6.74. The summed E-state index contributed by atoms with van der Waals surface area (Å²) in [6, 6.07) is 8.53. The molecule has 0 saturated carbocycles. The van der Waals surface area contributed by atoms with Crippen molar-refractivity contribution in [3.05, 3.63) is 29.8 Å². The smallest absolute Gasteiger partial charge is 0.192 e. The van der Waals surface area contributed by atoms with Crippen LogP contribution in [0.2, 0.25) is 18.1 Å². The lowest BCUT2D eigenvalue weighted by molar-refractivity contribution is 0.0730. The van der Waals surface area contributed by atoms with Crippen LogP contribution in [-0.2, 0) is 15.6 Å². The molecule has 1 rings (SSSR count). The second kappa shape index (κ2) is 13.4. The monoisotopic (exact) mass is 408 g/mol. The van der Waals surface area contributed by atoms with Crippen LogP contribution in [0.3, 0.4) is 0 Å². The Labute approximate surface area is 175 Å². The third kappa shape index (κ3) is 10.6. The predicted molar refractivity (Wildman–Crippen MR) is 123 cm³/mol. The van der Waals surface area contributed by atoms with Gasteiger partial charge in [-0.05, 0) is 48.7 Å². The van der Waals surface area contributed by atoms with Crippen molar-refractivity contribution in [2.75, 3.05) is 26.4 Å². The van der Waals surface area contributed by atoms with Gasteiger partial charge in [0.05, 0.1) is 19.8 Å². The Morgan fingerprint density at radius 1 is 0.786 bits per heavy atom. The molecule has 0 aliphatic heterocycles. The Balaban J connectivity index is 2.08. The summed E-state index contributed by atoms with van der Waals surface area (Å²) in [5, 5.41) is 0.247. The molecule has 4 heteroatoms. The standard InChI is InChI=1S/C24H44O3Si/c1-7-8-9-10-11-12-13-22-14-16-23(17-15-22)26-20-18-25-19-21-27-28(5,6)24(2,3)4/h14-17H,7-13,18-21H2,1-6H3. The molecule has 0 saturated heterocycles. The van der Waals surface area contributed by atoms with Crippen LogP contribution in [0.15, 0.2) is 24.3 Å². The molecule has 0 spiro atoms. The van der Waals surface area contributed by atoms with E-state index in [0.717, 1.165) is 5.75 Å². The fraction of sp³-hybridized carbons (Fsp3) is 0.750. The number of aryl methyl sites for hydroxylation is 1. The minimum Gasteiger partial charge on any atom is -0.491 e. The maximum atomic E-state index is 6.10. The molecule has 0 aliphatic carbocycles. The molecule has 0 N–H and O–H groups in total. The van der Waals surface area contributed by atoms with Gasteiger partial charge in [-0.25, -0.2) is 0 Å². The zero-order chi connectivity index (χ0) is 20.9. The van der Waals surface area contributed by atoms with Crippen molar-refractivity contribution in [3.8, 4) is 5.75 Å². The number of ether oxygens (including phenoxy) is 2. The number of hydrogen-bond donors (Lipinski definition) is 0. The van der Waals surface area contributed by atoms with Gasteiger partial charge in [-0.15, -0.1) is 0 Å². The molecule has 0 atom stereocenters. The first kappa shape index (κ1) is 25.2. The largest absolute Gasteiger partial charge is 0.491 e. The summed E-state index contributed by atoms with van der Waals surface area (Å²) in [5.74, 6) is 0.924. The summed E-state index contributed by atoms with van der Waals surface area (Å²) in [6.45, 7) is 16.1. The Hall–Kier alpha value is -0.843. The Bertz CT molecular complexity index is 506. The van der Waals surface area contributed by atoms with E-state index in [9.17, 15) is 0 Å². The summed E-state index contributed by atoms with van der Waals surface area (Å²) in [6.07, 6.45) is 9.24. The van der Waals surface area contributed by atoms with Crippen LogP contribution < -0.4 is 4.74 Å². The van der Waals surface area contributed by atoms with E-state index in [2.05, 4.69) is 65.1 Å². The van der Waals surface area contributed by atoms with E-state index in [1.807, 2.05) is 0 Å². The lowest BCUT2D eigenvalue weighted by Crippen LogP contribution is -2.41. The summed E-state index contributed by atoms with van der Waals surface area (Å²) in [4.78, 5) is 0. The maximum Gasteiger partial charge on any atom is 0.192 e. The quantitative estimate of drug-likeness (QED) is 0.231. The van der Waals surface area contributed by atoms with Crippen molar-refractivity contribution in [1.29, 1.82) is 0 Å². The van der Waals surface area contributed by atoms with Gasteiger partial charge in [-0.1, -0.05) is 71.9 Å². The number of rotatable bonds is 15. The average Bonchev–Trinajstić information content (AvgIpc) is 2.64. The first-order valence-corrected chi connectivity index (χ1v) is 14.1. The highest BCUT2D eigenvalue weighted by Gasteiger charge is 2.36.